The van der Waals surface area contributed by atoms with Crippen molar-refractivity contribution in [2.45, 2.75) is 46.1 Å². The van der Waals surface area contributed by atoms with Gasteiger partial charge in [-0.15, -0.1) is 6.58 Å². The Labute approximate surface area is 124 Å². The molecule has 1 aromatic carbocycles. The zero-order valence-corrected chi connectivity index (χ0v) is 13.2. The van der Waals surface area contributed by atoms with E-state index in [-0.39, 0.29) is 0 Å². The van der Waals surface area contributed by atoms with E-state index in [9.17, 15) is 0 Å². The Kier molecular flexibility index (Phi) is 8.24. The number of nitrogens with one attached hydrogen (secondary N) is 1. The van der Waals surface area contributed by atoms with Crippen molar-refractivity contribution in [1.29, 1.82) is 0 Å². The molecule has 2 nitrogen and oxygen atoms in total. The van der Waals surface area contributed by atoms with E-state index in [1.54, 1.807) is 0 Å². The summed E-state index contributed by atoms with van der Waals surface area (Å²) in [7, 11) is 0. The first-order valence-corrected chi connectivity index (χ1v) is 7.65. The zero-order chi connectivity index (χ0) is 14.8. The third-order valence-electron chi connectivity index (χ3n) is 3.37. The number of ether oxygens (including phenoxy) is 1. The van der Waals surface area contributed by atoms with Crippen LogP contribution in [0.25, 0.3) is 0 Å². The predicted molar refractivity (Wildman–Crippen MR) is 87.1 cm³/mol. The molecule has 1 aromatic rings. The predicted octanol–water partition coefficient (Wildman–Crippen LogP) is 4.27. The van der Waals surface area contributed by atoms with Gasteiger partial charge in [0.2, 0.25) is 0 Å². The molecule has 20 heavy (non-hydrogen) atoms. The first-order chi connectivity index (χ1) is 9.63. The van der Waals surface area contributed by atoms with Gasteiger partial charge in [0.15, 0.2) is 0 Å². The van der Waals surface area contributed by atoms with Gasteiger partial charge < -0.3 is 10.1 Å². The second kappa shape index (κ2) is 9.73. The third kappa shape index (κ3) is 6.88. The van der Waals surface area contributed by atoms with Crippen LogP contribution in [0.2, 0.25) is 0 Å². The highest BCUT2D eigenvalue weighted by molar-refractivity contribution is 5.24. The van der Waals surface area contributed by atoms with Crippen LogP contribution >= 0.6 is 0 Å². The molecule has 0 spiro atoms. The van der Waals surface area contributed by atoms with Crippen molar-refractivity contribution in [3.63, 3.8) is 0 Å². The summed E-state index contributed by atoms with van der Waals surface area (Å²) in [5.74, 6) is 0.555. The molecule has 112 valence electrons. The lowest BCUT2D eigenvalue weighted by Gasteiger charge is -2.13. The molecule has 0 heterocycles. The Hall–Kier alpha value is -1.12. The van der Waals surface area contributed by atoms with Gasteiger partial charge in [-0.2, -0.15) is 0 Å². The van der Waals surface area contributed by atoms with E-state index in [4.69, 9.17) is 4.74 Å². The highest BCUT2D eigenvalue weighted by Gasteiger charge is 2.04. The van der Waals surface area contributed by atoms with Crippen LogP contribution in [0.4, 0.5) is 0 Å². The lowest BCUT2D eigenvalue weighted by molar-refractivity contribution is 0.124. The van der Waals surface area contributed by atoms with Crippen LogP contribution in [0.5, 0.6) is 0 Å². The fraction of sp³-hybridized carbons (Fsp3) is 0.556. The molecule has 0 saturated carbocycles. The summed E-state index contributed by atoms with van der Waals surface area (Å²) >= 11 is 0. The summed E-state index contributed by atoms with van der Waals surface area (Å²) in [6.07, 6.45) is 2.13. The topological polar surface area (TPSA) is 21.3 Å². The fourth-order valence-electron chi connectivity index (χ4n) is 1.99. The Bertz CT molecular complexity index is 383. The van der Waals surface area contributed by atoms with Crippen molar-refractivity contribution in [2.75, 3.05) is 19.7 Å². The molecule has 0 radical (unpaired) electrons. The molecule has 0 aliphatic rings. The molecule has 0 aromatic heterocycles. The van der Waals surface area contributed by atoms with E-state index >= 15 is 0 Å². The molecule has 1 N–H and O–H groups in total. The summed E-state index contributed by atoms with van der Waals surface area (Å²) in [6, 6.07) is 8.78. The SMILES string of the molecule is C=C(C)CCOCc1ccc(C(C)CNCCC)cc1. The third-order valence-corrected chi connectivity index (χ3v) is 3.37. The molecule has 1 atom stereocenters. The van der Waals surface area contributed by atoms with Crippen LogP contribution in [0, 0.1) is 0 Å². The van der Waals surface area contributed by atoms with E-state index in [2.05, 4.69) is 50.0 Å². The van der Waals surface area contributed by atoms with Gasteiger partial charge in [0.05, 0.1) is 13.2 Å². The Morgan fingerprint density at radius 1 is 1.30 bits per heavy atom. The molecule has 0 aliphatic carbocycles. The van der Waals surface area contributed by atoms with E-state index in [1.807, 2.05) is 6.92 Å². The van der Waals surface area contributed by atoms with Crippen molar-refractivity contribution in [3.05, 3.63) is 47.5 Å². The molecule has 1 rings (SSSR count). The molecule has 2 heteroatoms. The van der Waals surface area contributed by atoms with Gasteiger partial charge in [-0.25, -0.2) is 0 Å². The highest BCUT2D eigenvalue weighted by atomic mass is 16.5. The van der Waals surface area contributed by atoms with Crippen LogP contribution < -0.4 is 5.32 Å². The van der Waals surface area contributed by atoms with Crippen LogP contribution in [0.15, 0.2) is 36.4 Å². The van der Waals surface area contributed by atoms with Gasteiger partial charge in [-0.05, 0) is 43.4 Å². The van der Waals surface area contributed by atoms with Gasteiger partial charge in [0.25, 0.3) is 0 Å². The number of hydrogen-bond donors (Lipinski definition) is 1. The maximum Gasteiger partial charge on any atom is 0.0717 e. The van der Waals surface area contributed by atoms with E-state index in [0.29, 0.717) is 12.5 Å². The normalized spacial score (nSPS) is 12.3. The summed E-state index contributed by atoms with van der Waals surface area (Å²) in [6.45, 7) is 14.0. The number of hydrogen-bond acceptors (Lipinski definition) is 2. The van der Waals surface area contributed by atoms with Gasteiger partial charge in [-0.3, -0.25) is 0 Å². The average Bonchev–Trinajstić information content (AvgIpc) is 2.44. The second-order valence-corrected chi connectivity index (χ2v) is 5.61. The minimum Gasteiger partial charge on any atom is -0.376 e. The first kappa shape index (κ1) is 16.9. The number of rotatable bonds is 10. The molecule has 1 unspecified atom stereocenters. The zero-order valence-electron chi connectivity index (χ0n) is 13.2. The van der Waals surface area contributed by atoms with E-state index < -0.39 is 0 Å². The Balaban J connectivity index is 2.33. The lowest BCUT2D eigenvalue weighted by Crippen LogP contribution is -2.20. The molecule has 0 amide bonds. The van der Waals surface area contributed by atoms with Gasteiger partial charge >= 0.3 is 0 Å². The molecule has 0 bridgehead atoms. The maximum atomic E-state index is 5.64. The minimum atomic E-state index is 0.555. The highest BCUT2D eigenvalue weighted by Crippen LogP contribution is 2.15. The van der Waals surface area contributed by atoms with Crippen molar-refractivity contribution in [2.24, 2.45) is 0 Å². The van der Waals surface area contributed by atoms with Crippen molar-refractivity contribution >= 4 is 0 Å². The monoisotopic (exact) mass is 275 g/mol. The number of benzene rings is 1. The molecule has 0 fully saturated rings. The molecule has 0 saturated heterocycles. The van der Waals surface area contributed by atoms with Crippen LogP contribution in [-0.4, -0.2) is 19.7 Å². The van der Waals surface area contributed by atoms with Crippen molar-refractivity contribution in [3.8, 4) is 0 Å². The Morgan fingerprint density at radius 3 is 2.60 bits per heavy atom. The Morgan fingerprint density at radius 2 is 2.00 bits per heavy atom. The minimum absolute atomic E-state index is 0.555. The second-order valence-electron chi connectivity index (χ2n) is 5.61. The molecular formula is C18H29NO. The smallest absolute Gasteiger partial charge is 0.0717 e. The van der Waals surface area contributed by atoms with Gasteiger partial charge in [-0.1, -0.05) is 43.7 Å². The van der Waals surface area contributed by atoms with Crippen molar-refractivity contribution < 1.29 is 4.74 Å². The summed E-state index contributed by atoms with van der Waals surface area (Å²) in [5, 5.41) is 3.47. The largest absolute Gasteiger partial charge is 0.376 e. The van der Waals surface area contributed by atoms with Crippen LogP contribution in [0.1, 0.15) is 50.7 Å². The molecular weight excluding hydrogens is 246 g/mol. The first-order valence-electron chi connectivity index (χ1n) is 7.65. The maximum absolute atomic E-state index is 5.64. The lowest BCUT2D eigenvalue weighted by atomic mass is 10.00. The fourth-order valence-corrected chi connectivity index (χ4v) is 1.99. The molecule has 0 aliphatic heterocycles. The van der Waals surface area contributed by atoms with Crippen molar-refractivity contribution in [1.82, 2.24) is 5.32 Å². The van der Waals surface area contributed by atoms with Crippen LogP contribution in [0.3, 0.4) is 0 Å². The quantitative estimate of drug-likeness (QED) is 0.508. The van der Waals surface area contributed by atoms with E-state index in [1.165, 1.54) is 23.1 Å². The van der Waals surface area contributed by atoms with Gasteiger partial charge in [0, 0.05) is 6.54 Å². The summed E-state index contributed by atoms with van der Waals surface area (Å²) < 4.78 is 5.64. The van der Waals surface area contributed by atoms with E-state index in [0.717, 1.165) is 26.1 Å². The summed E-state index contributed by atoms with van der Waals surface area (Å²) in [5.41, 5.74) is 3.80. The van der Waals surface area contributed by atoms with Crippen LogP contribution in [-0.2, 0) is 11.3 Å². The standard InChI is InChI=1S/C18H29NO/c1-5-11-19-13-16(4)18-8-6-17(7-9-18)14-20-12-10-15(2)3/h6-9,16,19H,2,5,10-14H2,1,3-4H3. The summed E-state index contributed by atoms with van der Waals surface area (Å²) in [4.78, 5) is 0. The average molecular weight is 275 g/mol. The van der Waals surface area contributed by atoms with Gasteiger partial charge in [0.1, 0.15) is 0 Å².